The zero-order chi connectivity index (χ0) is 27.3. The maximum Gasteiger partial charge on any atom is 0.341 e. The van der Waals surface area contributed by atoms with E-state index in [1.165, 1.54) is 10.8 Å². The Morgan fingerprint density at radius 1 is 1.18 bits per heavy atom. The van der Waals surface area contributed by atoms with Gasteiger partial charge >= 0.3 is 5.97 Å². The molecule has 10 nitrogen and oxygen atoms in total. The van der Waals surface area contributed by atoms with Crippen LogP contribution in [0.5, 0.6) is 0 Å². The quantitative estimate of drug-likeness (QED) is 0.277. The molecule has 0 unspecified atom stereocenters. The molecule has 2 aliphatic rings. The van der Waals surface area contributed by atoms with E-state index in [4.69, 9.17) is 5.73 Å². The molecule has 12 heteroatoms. The van der Waals surface area contributed by atoms with Crippen molar-refractivity contribution in [2.24, 2.45) is 24.6 Å². The Kier molecular flexibility index (Phi) is 4.80. The van der Waals surface area contributed by atoms with E-state index in [1.807, 2.05) is 0 Å². The Labute approximate surface area is 219 Å². The fourth-order valence-corrected chi connectivity index (χ4v) is 6.10. The highest BCUT2D eigenvalue weighted by atomic mass is 19.2. The number of carboxylic acids is 1. The molecule has 5 aromatic rings. The number of halogens is 2. The maximum atomic E-state index is 15.5. The molecule has 1 aliphatic carbocycles. The first-order valence-electron chi connectivity index (χ1n) is 12.4. The second-order valence-corrected chi connectivity index (χ2v) is 10.3. The number of pyridine rings is 3. The number of nitrogens with one attached hydrogen (secondary N) is 2. The topological polar surface area (TPSA) is 142 Å². The van der Waals surface area contributed by atoms with Gasteiger partial charge in [-0.25, -0.2) is 23.5 Å². The van der Waals surface area contributed by atoms with E-state index in [0.29, 0.717) is 69.6 Å². The molecule has 198 valence electrons. The fraction of sp³-hybridized carbons (Fsp3) is 0.259. The molecule has 5 N–H and O–H groups in total. The van der Waals surface area contributed by atoms with E-state index >= 15 is 4.39 Å². The van der Waals surface area contributed by atoms with Crippen LogP contribution in [-0.4, -0.2) is 56.8 Å². The Bertz CT molecular complexity index is 1940. The van der Waals surface area contributed by atoms with Gasteiger partial charge in [-0.2, -0.15) is 0 Å². The average Bonchev–Trinajstić information content (AvgIpc) is 3.27. The lowest BCUT2D eigenvalue weighted by Gasteiger charge is -2.25. The zero-order valence-electron chi connectivity index (χ0n) is 20.9. The van der Waals surface area contributed by atoms with Gasteiger partial charge in [0.1, 0.15) is 16.9 Å². The third-order valence-corrected chi connectivity index (χ3v) is 8.16. The van der Waals surface area contributed by atoms with Gasteiger partial charge in [-0.15, -0.1) is 0 Å². The highest BCUT2D eigenvalue weighted by molar-refractivity contribution is 6.18. The number of rotatable bonds is 4. The summed E-state index contributed by atoms with van der Waals surface area (Å²) in [5, 5.41) is 13.0. The fourth-order valence-electron chi connectivity index (χ4n) is 6.10. The predicted octanol–water partition coefficient (Wildman–Crippen LogP) is 3.04. The standard InChI is InChI=1S/C27H23F2N7O3/c1-31-17-4-16(28)20(29)18-19-23(36-8-13-14(9-36)21(13)30)12(6-32-25(19)34-22(17)18)10-3-11-24(37)15(27(38)39)7-35(2)26(11)33-5-10/h3-7,13-14,21,31H,8-9,30H2,1-2H3,(H,32,34)(H,38,39)/t13-,14+,21+. The van der Waals surface area contributed by atoms with Crippen LogP contribution in [0.25, 0.3) is 44.1 Å². The van der Waals surface area contributed by atoms with Gasteiger partial charge in [0.15, 0.2) is 11.6 Å². The zero-order valence-corrected chi connectivity index (χ0v) is 20.9. The van der Waals surface area contributed by atoms with Crippen LogP contribution < -0.4 is 21.4 Å². The second kappa shape index (κ2) is 7.96. The van der Waals surface area contributed by atoms with Crippen LogP contribution in [0.2, 0.25) is 0 Å². The molecule has 0 bridgehead atoms. The highest BCUT2D eigenvalue weighted by Gasteiger charge is 2.54. The SMILES string of the molecule is CNc1cc(F)c(F)c2c1[nH]c1ncc(-c3cnc4c(c3)c(=O)c(C(=O)O)cn4C)c(N3C[C@@H]4[C@@H](N)[C@@H]4C3)c12. The largest absolute Gasteiger partial charge is 0.477 e. The van der Waals surface area contributed by atoms with Gasteiger partial charge in [-0.1, -0.05) is 0 Å². The average molecular weight is 532 g/mol. The summed E-state index contributed by atoms with van der Waals surface area (Å²) in [6.45, 7) is 1.26. The maximum absolute atomic E-state index is 15.5. The number of aryl methyl sites for hydroxylation is 1. The van der Waals surface area contributed by atoms with E-state index in [9.17, 15) is 19.1 Å². The number of aromatic carboxylic acids is 1. The number of hydrogen-bond acceptors (Lipinski definition) is 7. The van der Waals surface area contributed by atoms with Crippen LogP contribution in [0.15, 0.2) is 35.5 Å². The Morgan fingerprint density at radius 2 is 1.92 bits per heavy atom. The van der Waals surface area contributed by atoms with Crippen LogP contribution in [0.1, 0.15) is 10.4 Å². The number of aromatic amines is 1. The number of carboxylic acid groups (broad SMARTS) is 1. The number of nitrogens with zero attached hydrogens (tertiary/aromatic N) is 4. The number of nitrogens with two attached hydrogens (primary N) is 1. The summed E-state index contributed by atoms with van der Waals surface area (Å²) < 4.78 is 31.7. The molecule has 0 spiro atoms. The number of benzene rings is 1. The molecule has 1 saturated heterocycles. The second-order valence-electron chi connectivity index (χ2n) is 10.3. The van der Waals surface area contributed by atoms with Crippen molar-refractivity contribution >= 4 is 50.3 Å². The van der Waals surface area contributed by atoms with Crippen molar-refractivity contribution in [2.75, 3.05) is 30.4 Å². The Balaban J connectivity index is 1.55. The minimum absolute atomic E-state index is 0.0707. The lowest BCUT2D eigenvalue weighted by molar-refractivity contribution is 0.0695. The van der Waals surface area contributed by atoms with Gasteiger partial charge < -0.3 is 30.6 Å². The monoisotopic (exact) mass is 531 g/mol. The summed E-state index contributed by atoms with van der Waals surface area (Å²) in [6, 6.07) is 2.78. The molecule has 0 radical (unpaired) electrons. The Morgan fingerprint density at radius 3 is 2.62 bits per heavy atom. The normalized spacial score (nSPS) is 20.2. The predicted molar refractivity (Wildman–Crippen MR) is 143 cm³/mol. The van der Waals surface area contributed by atoms with Gasteiger partial charge in [0, 0.05) is 69.0 Å². The highest BCUT2D eigenvalue weighted by Crippen LogP contribution is 2.50. The summed E-state index contributed by atoms with van der Waals surface area (Å²) >= 11 is 0. The molecule has 1 aromatic carbocycles. The number of H-pyrrole nitrogens is 1. The first kappa shape index (κ1) is 23.5. The summed E-state index contributed by atoms with van der Waals surface area (Å²) in [7, 11) is 3.24. The number of piperidine rings is 1. The molecule has 1 aliphatic heterocycles. The van der Waals surface area contributed by atoms with Gasteiger partial charge in [0.25, 0.3) is 0 Å². The molecule has 3 atom stereocenters. The van der Waals surface area contributed by atoms with Crippen molar-refractivity contribution in [2.45, 2.75) is 6.04 Å². The third kappa shape index (κ3) is 3.21. The molecule has 7 rings (SSSR count). The van der Waals surface area contributed by atoms with Crippen molar-refractivity contribution in [1.29, 1.82) is 0 Å². The lowest BCUT2D eigenvalue weighted by atomic mass is 10.0. The number of hydrogen-bond donors (Lipinski definition) is 4. The number of anilines is 2. The van der Waals surface area contributed by atoms with Crippen LogP contribution in [0, 0.1) is 23.5 Å². The van der Waals surface area contributed by atoms with Gasteiger partial charge in [-0.3, -0.25) is 4.79 Å². The first-order chi connectivity index (χ1) is 18.7. The Hall–Kier alpha value is -4.58. The van der Waals surface area contributed by atoms with Crippen molar-refractivity contribution < 1.29 is 18.7 Å². The van der Waals surface area contributed by atoms with E-state index in [0.717, 1.165) is 6.07 Å². The smallest absolute Gasteiger partial charge is 0.341 e. The first-order valence-corrected chi connectivity index (χ1v) is 12.4. The van der Waals surface area contributed by atoms with Crippen molar-refractivity contribution in [1.82, 2.24) is 19.5 Å². The summed E-state index contributed by atoms with van der Waals surface area (Å²) in [5.74, 6) is -2.74. The molecule has 1 saturated carbocycles. The number of carbonyl (C=O) groups is 1. The van der Waals surface area contributed by atoms with Gasteiger partial charge in [0.2, 0.25) is 5.43 Å². The van der Waals surface area contributed by atoms with Crippen LogP contribution in [0.4, 0.5) is 20.2 Å². The lowest BCUT2D eigenvalue weighted by Crippen LogP contribution is -2.28. The van der Waals surface area contributed by atoms with Crippen LogP contribution in [0.3, 0.4) is 0 Å². The van der Waals surface area contributed by atoms with Crippen molar-refractivity contribution in [3.8, 4) is 11.1 Å². The van der Waals surface area contributed by atoms with Crippen LogP contribution in [-0.2, 0) is 7.05 Å². The summed E-state index contributed by atoms with van der Waals surface area (Å²) in [5.41, 5.74) is 8.32. The molecule has 5 heterocycles. The summed E-state index contributed by atoms with van der Waals surface area (Å²) in [4.78, 5) is 39.0. The van der Waals surface area contributed by atoms with Crippen LogP contribution >= 0.6 is 0 Å². The molecule has 39 heavy (non-hydrogen) atoms. The molecule has 4 aromatic heterocycles. The molecule has 0 amide bonds. The third-order valence-electron chi connectivity index (χ3n) is 8.16. The number of aromatic nitrogens is 4. The van der Waals surface area contributed by atoms with Crippen molar-refractivity contribution in [3.05, 3.63) is 58.1 Å². The van der Waals surface area contributed by atoms with Gasteiger partial charge in [-0.05, 0) is 17.9 Å². The van der Waals surface area contributed by atoms with Gasteiger partial charge in [0.05, 0.1) is 33.1 Å². The minimum Gasteiger partial charge on any atom is -0.477 e. The molecular formula is C27H23F2N7O3. The van der Waals surface area contributed by atoms with E-state index in [1.54, 1.807) is 32.6 Å². The van der Waals surface area contributed by atoms with E-state index < -0.39 is 23.0 Å². The summed E-state index contributed by atoms with van der Waals surface area (Å²) in [6.07, 6.45) is 4.42. The molecule has 2 fully saturated rings. The minimum atomic E-state index is -1.34. The molecular weight excluding hydrogens is 508 g/mol. The number of fused-ring (bicyclic) bond motifs is 5. The van der Waals surface area contributed by atoms with E-state index in [2.05, 4.69) is 25.2 Å². The van der Waals surface area contributed by atoms with Crippen molar-refractivity contribution in [3.63, 3.8) is 0 Å². The van der Waals surface area contributed by atoms with E-state index in [-0.39, 0.29) is 22.4 Å².